The fourth-order valence-corrected chi connectivity index (χ4v) is 3.82. The molecule has 0 spiro atoms. The number of hydrogen-bond donors (Lipinski definition) is 0. The fraction of sp³-hybridized carbons (Fsp3) is 0.105. The van der Waals surface area contributed by atoms with Crippen molar-refractivity contribution in [3.8, 4) is 11.6 Å². The van der Waals surface area contributed by atoms with E-state index in [0.717, 1.165) is 5.56 Å². The first kappa shape index (κ1) is 17.5. The molecule has 0 fully saturated rings. The molecule has 4 nitrogen and oxygen atoms in total. The second-order valence-electron chi connectivity index (χ2n) is 5.64. The molecule has 3 aromatic rings. The summed E-state index contributed by atoms with van der Waals surface area (Å²) in [5.41, 5.74) is 1.60. The van der Waals surface area contributed by atoms with Crippen LogP contribution in [0.25, 0.3) is 0 Å². The molecule has 1 aromatic heterocycles. The highest BCUT2D eigenvalue weighted by Gasteiger charge is 2.21. The maximum absolute atomic E-state index is 12.9. The van der Waals surface area contributed by atoms with Gasteiger partial charge in [0.2, 0.25) is 15.7 Å². The van der Waals surface area contributed by atoms with Gasteiger partial charge in [-0.3, -0.25) is 0 Å². The summed E-state index contributed by atoms with van der Waals surface area (Å²) in [6.07, 6.45) is 1.59. The van der Waals surface area contributed by atoms with Crippen molar-refractivity contribution < 1.29 is 13.2 Å². The van der Waals surface area contributed by atoms with E-state index in [2.05, 4.69) is 4.98 Å². The number of nitrogens with zero attached hydrogens (tertiary/aromatic N) is 1. The van der Waals surface area contributed by atoms with Crippen LogP contribution in [0.1, 0.15) is 11.1 Å². The lowest BCUT2D eigenvalue weighted by Gasteiger charge is -2.12. The zero-order valence-corrected chi connectivity index (χ0v) is 15.3. The van der Waals surface area contributed by atoms with Gasteiger partial charge in [0.05, 0.1) is 14.8 Å². The lowest BCUT2D eigenvalue weighted by atomic mass is 10.2. The standard InChI is InChI=1S/C19H16ClNO3S/c1-13-6-8-15(9-7-13)25(22,23)16-11-14(2)19(20)17(12-16)24-18-5-3-4-10-21-18/h3-12H,1-2H3. The number of pyridine rings is 1. The Labute approximate surface area is 152 Å². The minimum atomic E-state index is -3.67. The van der Waals surface area contributed by atoms with Gasteiger partial charge in [-0.25, -0.2) is 13.4 Å². The van der Waals surface area contributed by atoms with Crippen molar-refractivity contribution in [1.29, 1.82) is 0 Å². The van der Waals surface area contributed by atoms with Gasteiger partial charge in [0.25, 0.3) is 0 Å². The Morgan fingerprint density at radius 2 is 1.68 bits per heavy atom. The third kappa shape index (κ3) is 3.67. The van der Waals surface area contributed by atoms with E-state index >= 15 is 0 Å². The van der Waals surface area contributed by atoms with E-state index in [1.54, 1.807) is 61.7 Å². The Bertz CT molecular complexity index is 1000. The Morgan fingerprint density at radius 3 is 2.32 bits per heavy atom. The van der Waals surface area contributed by atoms with Crippen molar-refractivity contribution >= 4 is 21.4 Å². The van der Waals surface area contributed by atoms with Crippen molar-refractivity contribution in [3.63, 3.8) is 0 Å². The molecule has 2 aromatic carbocycles. The van der Waals surface area contributed by atoms with Gasteiger partial charge in [0.1, 0.15) is 5.75 Å². The molecule has 0 unspecified atom stereocenters. The molecule has 0 saturated heterocycles. The molecule has 3 rings (SSSR count). The topological polar surface area (TPSA) is 56.3 Å². The van der Waals surface area contributed by atoms with Crippen LogP contribution in [0.4, 0.5) is 0 Å². The van der Waals surface area contributed by atoms with E-state index in [0.29, 0.717) is 16.5 Å². The largest absolute Gasteiger partial charge is 0.437 e. The van der Waals surface area contributed by atoms with Crippen LogP contribution in [0.3, 0.4) is 0 Å². The van der Waals surface area contributed by atoms with E-state index < -0.39 is 9.84 Å². The third-order valence-electron chi connectivity index (χ3n) is 3.69. The van der Waals surface area contributed by atoms with Crippen LogP contribution in [-0.2, 0) is 9.84 Å². The first-order chi connectivity index (χ1) is 11.9. The van der Waals surface area contributed by atoms with Gasteiger partial charge >= 0.3 is 0 Å². The van der Waals surface area contributed by atoms with Gasteiger partial charge in [0.15, 0.2) is 0 Å². The summed E-state index contributed by atoms with van der Waals surface area (Å²) < 4.78 is 31.5. The van der Waals surface area contributed by atoms with Crippen molar-refractivity contribution in [2.45, 2.75) is 23.6 Å². The Morgan fingerprint density at radius 1 is 0.960 bits per heavy atom. The van der Waals surface area contributed by atoms with Crippen LogP contribution in [0, 0.1) is 13.8 Å². The Balaban J connectivity index is 2.06. The number of ether oxygens (including phenoxy) is 1. The van der Waals surface area contributed by atoms with E-state index in [-0.39, 0.29) is 15.5 Å². The molecule has 0 radical (unpaired) electrons. The lowest BCUT2D eigenvalue weighted by molar-refractivity contribution is 0.461. The number of sulfone groups is 1. The molecule has 0 atom stereocenters. The predicted octanol–water partition coefficient (Wildman–Crippen LogP) is 4.98. The second-order valence-corrected chi connectivity index (χ2v) is 7.97. The predicted molar refractivity (Wildman–Crippen MR) is 97.1 cm³/mol. The van der Waals surface area contributed by atoms with Crippen LogP contribution in [0.15, 0.2) is 70.6 Å². The smallest absolute Gasteiger partial charge is 0.219 e. The zero-order valence-electron chi connectivity index (χ0n) is 13.7. The van der Waals surface area contributed by atoms with Gasteiger partial charge < -0.3 is 4.74 Å². The van der Waals surface area contributed by atoms with Crippen LogP contribution >= 0.6 is 11.6 Å². The Hall–Kier alpha value is -2.37. The molecular formula is C19H16ClNO3S. The van der Waals surface area contributed by atoms with Gasteiger partial charge in [-0.15, -0.1) is 0 Å². The van der Waals surface area contributed by atoms with Crippen LogP contribution in [-0.4, -0.2) is 13.4 Å². The van der Waals surface area contributed by atoms with E-state index in [1.165, 1.54) is 6.07 Å². The molecule has 1 heterocycles. The van der Waals surface area contributed by atoms with Crippen LogP contribution in [0.2, 0.25) is 5.02 Å². The van der Waals surface area contributed by atoms with Crippen LogP contribution in [0.5, 0.6) is 11.6 Å². The number of rotatable bonds is 4. The summed E-state index contributed by atoms with van der Waals surface area (Å²) in [6.45, 7) is 3.64. The minimum Gasteiger partial charge on any atom is -0.437 e. The van der Waals surface area contributed by atoms with Gasteiger partial charge in [-0.05, 0) is 43.7 Å². The van der Waals surface area contributed by atoms with E-state index in [9.17, 15) is 8.42 Å². The Kier molecular flexibility index (Phi) is 4.79. The highest BCUT2D eigenvalue weighted by Crippen LogP contribution is 2.35. The second kappa shape index (κ2) is 6.86. The molecule has 0 aliphatic heterocycles. The molecular weight excluding hydrogens is 358 g/mol. The number of aryl methyl sites for hydroxylation is 2. The third-order valence-corrected chi connectivity index (χ3v) is 5.92. The summed E-state index contributed by atoms with van der Waals surface area (Å²) in [7, 11) is -3.67. The summed E-state index contributed by atoms with van der Waals surface area (Å²) in [6, 6.07) is 14.9. The van der Waals surface area contributed by atoms with E-state index in [4.69, 9.17) is 16.3 Å². The quantitative estimate of drug-likeness (QED) is 0.647. The maximum Gasteiger partial charge on any atom is 0.219 e. The summed E-state index contributed by atoms with van der Waals surface area (Å²) in [4.78, 5) is 4.43. The van der Waals surface area contributed by atoms with Crippen molar-refractivity contribution in [1.82, 2.24) is 4.98 Å². The molecule has 25 heavy (non-hydrogen) atoms. The molecule has 0 saturated carbocycles. The molecule has 0 amide bonds. The fourth-order valence-electron chi connectivity index (χ4n) is 2.31. The normalized spacial score (nSPS) is 11.3. The molecule has 0 aliphatic rings. The SMILES string of the molecule is Cc1ccc(S(=O)(=O)c2cc(C)c(Cl)c(Oc3ccccn3)c2)cc1. The minimum absolute atomic E-state index is 0.129. The van der Waals surface area contributed by atoms with Crippen molar-refractivity contribution in [2.75, 3.05) is 0 Å². The number of aromatic nitrogens is 1. The molecule has 128 valence electrons. The molecule has 0 N–H and O–H groups in total. The molecule has 6 heteroatoms. The molecule has 0 bridgehead atoms. The summed E-state index contributed by atoms with van der Waals surface area (Å²) in [5, 5.41) is 0.355. The zero-order chi connectivity index (χ0) is 18.0. The number of hydrogen-bond acceptors (Lipinski definition) is 4. The van der Waals surface area contributed by atoms with Gasteiger partial charge in [-0.2, -0.15) is 0 Å². The highest BCUT2D eigenvalue weighted by molar-refractivity contribution is 7.91. The van der Waals surface area contributed by atoms with Crippen molar-refractivity contribution in [2.24, 2.45) is 0 Å². The first-order valence-electron chi connectivity index (χ1n) is 7.59. The van der Waals surface area contributed by atoms with Crippen molar-refractivity contribution in [3.05, 3.63) is 76.9 Å². The van der Waals surface area contributed by atoms with Crippen LogP contribution < -0.4 is 4.74 Å². The molecule has 0 aliphatic carbocycles. The number of halogens is 1. The number of benzene rings is 2. The highest BCUT2D eigenvalue weighted by atomic mass is 35.5. The lowest BCUT2D eigenvalue weighted by Crippen LogP contribution is -2.03. The summed E-state index contributed by atoms with van der Waals surface area (Å²) >= 11 is 6.28. The summed E-state index contributed by atoms with van der Waals surface area (Å²) in [5.74, 6) is 0.597. The van der Waals surface area contributed by atoms with E-state index in [1.807, 2.05) is 6.92 Å². The monoisotopic (exact) mass is 373 g/mol. The van der Waals surface area contributed by atoms with Gasteiger partial charge in [0, 0.05) is 18.3 Å². The van der Waals surface area contributed by atoms with Gasteiger partial charge in [-0.1, -0.05) is 35.4 Å². The first-order valence-corrected chi connectivity index (χ1v) is 9.45. The average molecular weight is 374 g/mol. The maximum atomic E-state index is 12.9. The average Bonchev–Trinajstić information content (AvgIpc) is 2.60.